The number of aromatic nitrogens is 2. The van der Waals surface area contributed by atoms with Gasteiger partial charge in [-0.05, 0) is 45.8 Å². The summed E-state index contributed by atoms with van der Waals surface area (Å²) in [5.74, 6) is -0.959. The molecule has 3 rings (SSSR count). The SMILES string of the molecule is O=C(O)c1cc(-c2cnn(-c3ccccc3)c2)ccc1Br. The number of hydrogen-bond donors (Lipinski definition) is 1. The molecule has 2 aromatic carbocycles. The van der Waals surface area contributed by atoms with Crippen molar-refractivity contribution in [1.29, 1.82) is 0 Å². The number of carboxylic acids is 1. The van der Waals surface area contributed by atoms with E-state index in [1.807, 2.05) is 42.6 Å². The van der Waals surface area contributed by atoms with Crippen molar-refractivity contribution in [3.05, 3.63) is 71.0 Å². The number of hydrogen-bond acceptors (Lipinski definition) is 2. The van der Waals surface area contributed by atoms with E-state index in [4.69, 9.17) is 5.11 Å². The van der Waals surface area contributed by atoms with Gasteiger partial charge >= 0.3 is 5.97 Å². The number of nitrogens with zero attached hydrogens (tertiary/aromatic N) is 2. The van der Waals surface area contributed by atoms with Crippen LogP contribution >= 0.6 is 15.9 Å². The highest BCUT2D eigenvalue weighted by molar-refractivity contribution is 9.10. The Balaban J connectivity index is 2.01. The monoisotopic (exact) mass is 342 g/mol. The van der Waals surface area contributed by atoms with E-state index < -0.39 is 5.97 Å². The Morgan fingerprint density at radius 1 is 1.10 bits per heavy atom. The zero-order chi connectivity index (χ0) is 14.8. The van der Waals surface area contributed by atoms with Gasteiger partial charge in [0.25, 0.3) is 0 Å². The van der Waals surface area contributed by atoms with E-state index >= 15 is 0 Å². The van der Waals surface area contributed by atoms with Crippen LogP contribution in [0.3, 0.4) is 0 Å². The minimum atomic E-state index is -0.959. The first-order chi connectivity index (χ1) is 10.1. The first-order valence-corrected chi connectivity index (χ1v) is 7.08. The second-order valence-electron chi connectivity index (χ2n) is 4.51. The summed E-state index contributed by atoms with van der Waals surface area (Å²) in [6, 6.07) is 15.0. The number of aromatic carboxylic acids is 1. The third kappa shape index (κ3) is 2.73. The molecule has 21 heavy (non-hydrogen) atoms. The van der Waals surface area contributed by atoms with Crippen LogP contribution in [-0.2, 0) is 0 Å². The smallest absolute Gasteiger partial charge is 0.336 e. The topological polar surface area (TPSA) is 55.1 Å². The zero-order valence-corrected chi connectivity index (χ0v) is 12.5. The lowest BCUT2D eigenvalue weighted by molar-refractivity contribution is 0.0696. The quantitative estimate of drug-likeness (QED) is 0.782. The molecule has 3 aromatic rings. The van der Waals surface area contributed by atoms with Gasteiger partial charge in [-0.2, -0.15) is 5.10 Å². The first-order valence-electron chi connectivity index (χ1n) is 6.28. The minimum absolute atomic E-state index is 0.236. The Morgan fingerprint density at radius 2 is 1.86 bits per heavy atom. The molecule has 1 heterocycles. The molecule has 0 saturated carbocycles. The first kappa shape index (κ1) is 13.6. The third-order valence-corrected chi connectivity index (χ3v) is 3.82. The highest BCUT2D eigenvalue weighted by Gasteiger charge is 2.11. The van der Waals surface area contributed by atoms with Crippen molar-refractivity contribution in [3.8, 4) is 16.8 Å². The molecule has 4 nitrogen and oxygen atoms in total. The molecule has 0 fully saturated rings. The summed E-state index contributed by atoms with van der Waals surface area (Å²) in [5.41, 5.74) is 2.88. The Bertz CT molecular complexity index is 797. The molecule has 104 valence electrons. The number of halogens is 1. The molecule has 0 amide bonds. The van der Waals surface area contributed by atoms with Gasteiger partial charge in [0.1, 0.15) is 0 Å². The Morgan fingerprint density at radius 3 is 2.57 bits per heavy atom. The molecule has 0 aliphatic carbocycles. The van der Waals surface area contributed by atoms with E-state index in [1.54, 1.807) is 23.0 Å². The second kappa shape index (κ2) is 5.54. The van der Waals surface area contributed by atoms with Crippen LogP contribution in [0.25, 0.3) is 16.8 Å². The predicted molar refractivity (Wildman–Crippen MR) is 83.7 cm³/mol. The Labute approximate surface area is 129 Å². The van der Waals surface area contributed by atoms with Crippen LogP contribution in [0.4, 0.5) is 0 Å². The molecule has 0 aliphatic heterocycles. The van der Waals surface area contributed by atoms with Gasteiger partial charge in [-0.1, -0.05) is 24.3 Å². The van der Waals surface area contributed by atoms with Crippen LogP contribution in [0.1, 0.15) is 10.4 Å². The molecule has 0 atom stereocenters. The Kier molecular flexibility index (Phi) is 3.58. The van der Waals surface area contributed by atoms with Crippen molar-refractivity contribution in [2.24, 2.45) is 0 Å². The van der Waals surface area contributed by atoms with E-state index in [2.05, 4.69) is 21.0 Å². The molecular formula is C16H11BrN2O2. The lowest BCUT2D eigenvalue weighted by Gasteiger charge is -2.03. The molecule has 0 radical (unpaired) electrons. The van der Waals surface area contributed by atoms with Crippen molar-refractivity contribution in [1.82, 2.24) is 9.78 Å². The standard InChI is InChI=1S/C16H11BrN2O2/c17-15-7-6-11(8-14(15)16(20)21)12-9-18-19(10-12)13-4-2-1-3-5-13/h1-10H,(H,20,21). The fourth-order valence-corrected chi connectivity index (χ4v) is 2.48. The largest absolute Gasteiger partial charge is 0.478 e. The predicted octanol–water partition coefficient (Wildman–Crippen LogP) is 4.00. The number of benzene rings is 2. The van der Waals surface area contributed by atoms with Crippen LogP contribution in [0.15, 0.2) is 65.4 Å². The van der Waals surface area contributed by atoms with E-state index in [0.29, 0.717) is 4.47 Å². The fraction of sp³-hybridized carbons (Fsp3) is 0. The molecule has 0 saturated heterocycles. The summed E-state index contributed by atoms with van der Waals surface area (Å²) in [6.45, 7) is 0. The normalized spacial score (nSPS) is 10.5. The summed E-state index contributed by atoms with van der Waals surface area (Å²) in [5, 5.41) is 13.5. The van der Waals surface area contributed by atoms with Crippen LogP contribution in [0.2, 0.25) is 0 Å². The van der Waals surface area contributed by atoms with Gasteiger partial charge in [0, 0.05) is 16.2 Å². The summed E-state index contributed by atoms with van der Waals surface area (Å²) in [6.07, 6.45) is 3.60. The van der Waals surface area contributed by atoms with Crippen LogP contribution in [-0.4, -0.2) is 20.9 Å². The average Bonchev–Trinajstić information content (AvgIpc) is 2.98. The summed E-state index contributed by atoms with van der Waals surface area (Å²) < 4.78 is 2.33. The molecule has 1 aromatic heterocycles. The van der Waals surface area contributed by atoms with E-state index in [0.717, 1.165) is 16.8 Å². The highest BCUT2D eigenvalue weighted by Crippen LogP contribution is 2.26. The van der Waals surface area contributed by atoms with Crippen molar-refractivity contribution < 1.29 is 9.90 Å². The lowest BCUT2D eigenvalue weighted by Crippen LogP contribution is -1.97. The minimum Gasteiger partial charge on any atom is -0.478 e. The summed E-state index contributed by atoms with van der Waals surface area (Å²) in [7, 11) is 0. The number of rotatable bonds is 3. The Hall–Kier alpha value is -2.40. The highest BCUT2D eigenvalue weighted by atomic mass is 79.9. The summed E-state index contributed by atoms with van der Waals surface area (Å²) >= 11 is 3.24. The molecular weight excluding hydrogens is 332 g/mol. The molecule has 0 unspecified atom stereocenters. The number of carboxylic acid groups (broad SMARTS) is 1. The molecule has 0 aliphatic rings. The van der Waals surface area contributed by atoms with E-state index in [9.17, 15) is 4.79 Å². The van der Waals surface area contributed by atoms with Gasteiger partial charge in [0.15, 0.2) is 0 Å². The van der Waals surface area contributed by atoms with Gasteiger partial charge in [-0.25, -0.2) is 9.48 Å². The molecule has 0 spiro atoms. The van der Waals surface area contributed by atoms with Crippen LogP contribution in [0, 0.1) is 0 Å². The average molecular weight is 343 g/mol. The zero-order valence-electron chi connectivity index (χ0n) is 10.9. The lowest BCUT2D eigenvalue weighted by atomic mass is 10.1. The van der Waals surface area contributed by atoms with Gasteiger partial charge in [-0.3, -0.25) is 0 Å². The second-order valence-corrected chi connectivity index (χ2v) is 5.36. The maximum absolute atomic E-state index is 11.2. The van der Waals surface area contributed by atoms with Crippen molar-refractivity contribution >= 4 is 21.9 Å². The summed E-state index contributed by atoms with van der Waals surface area (Å²) in [4.78, 5) is 11.2. The molecule has 5 heteroatoms. The van der Waals surface area contributed by atoms with Gasteiger partial charge in [-0.15, -0.1) is 0 Å². The van der Waals surface area contributed by atoms with Crippen LogP contribution < -0.4 is 0 Å². The maximum atomic E-state index is 11.2. The van der Waals surface area contributed by atoms with Crippen molar-refractivity contribution in [2.75, 3.05) is 0 Å². The van der Waals surface area contributed by atoms with Gasteiger partial charge in [0.05, 0.1) is 17.4 Å². The van der Waals surface area contributed by atoms with Crippen molar-refractivity contribution in [2.45, 2.75) is 0 Å². The maximum Gasteiger partial charge on any atom is 0.336 e. The number of carbonyl (C=O) groups is 1. The van der Waals surface area contributed by atoms with Gasteiger partial charge < -0.3 is 5.11 Å². The number of para-hydroxylation sites is 1. The third-order valence-electron chi connectivity index (χ3n) is 3.13. The molecule has 0 bridgehead atoms. The van der Waals surface area contributed by atoms with E-state index in [1.165, 1.54) is 0 Å². The van der Waals surface area contributed by atoms with Crippen molar-refractivity contribution in [3.63, 3.8) is 0 Å². The molecule has 1 N–H and O–H groups in total. The fourth-order valence-electron chi connectivity index (χ4n) is 2.06. The van der Waals surface area contributed by atoms with Crippen LogP contribution in [0.5, 0.6) is 0 Å². The van der Waals surface area contributed by atoms with Gasteiger partial charge in [0.2, 0.25) is 0 Å². The van der Waals surface area contributed by atoms with E-state index in [-0.39, 0.29) is 5.56 Å².